The molecule has 20 heavy (non-hydrogen) atoms. The smallest absolute Gasteiger partial charge is 0.186 e. The molecule has 0 bridgehead atoms. The zero-order chi connectivity index (χ0) is 14.3. The average molecular weight is 278 g/mol. The van der Waals surface area contributed by atoms with Crippen LogP contribution in [0.4, 0.5) is 13.2 Å². The number of halogens is 3. The van der Waals surface area contributed by atoms with E-state index in [-0.39, 0.29) is 16.9 Å². The second kappa shape index (κ2) is 4.56. The molecule has 102 valence electrons. The van der Waals surface area contributed by atoms with E-state index in [2.05, 4.69) is 9.97 Å². The van der Waals surface area contributed by atoms with Crippen LogP contribution in [-0.2, 0) is 0 Å². The van der Waals surface area contributed by atoms with Gasteiger partial charge in [0.2, 0.25) is 0 Å². The van der Waals surface area contributed by atoms with Crippen LogP contribution in [0, 0.1) is 17.5 Å². The molecular weight excluding hydrogens is 269 g/mol. The van der Waals surface area contributed by atoms with Crippen molar-refractivity contribution in [3.63, 3.8) is 0 Å². The van der Waals surface area contributed by atoms with Crippen LogP contribution in [0.1, 0.15) is 0 Å². The topological polar surface area (TPSA) is 37.9 Å². The summed E-state index contributed by atoms with van der Waals surface area (Å²) in [5, 5.41) is 0. The first-order chi connectivity index (χ1) is 9.60. The third-order valence-electron chi connectivity index (χ3n) is 2.98. The molecule has 3 aromatic rings. The minimum atomic E-state index is -1.06. The SMILES string of the molecule is COc1ccc(-c2nc3c(F)c(F)ccc3[nH]2)c(F)c1. The van der Waals surface area contributed by atoms with Crippen LogP contribution in [-0.4, -0.2) is 17.1 Å². The van der Waals surface area contributed by atoms with Gasteiger partial charge in [-0.1, -0.05) is 0 Å². The molecule has 1 aromatic heterocycles. The first-order valence-electron chi connectivity index (χ1n) is 5.78. The Morgan fingerprint density at radius 1 is 1.05 bits per heavy atom. The lowest BCUT2D eigenvalue weighted by atomic mass is 10.2. The van der Waals surface area contributed by atoms with E-state index in [0.29, 0.717) is 11.3 Å². The minimum Gasteiger partial charge on any atom is -0.497 e. The fraction of sp³-hybridized carbons (Fsp3) is 0.0714. The number of nitrogens with zero attached hydrogens (tertiary/aromatic N) is 1. The first kappa shape index (κ1) is 12.5. The van der Waals surface area contributed by atoms with Crippen LogP contribution in [0.3, 0.4) is 0 Å². The van der Waals surface area contributed by atoms with Crippen LogP contribution in [0.5, 0.6) is 5.75 Å². The highest BCUT2D eigenvalue weighted by Gasteiger charge is 2.15. The van der Waals surface area contributed by atoms with Gasteiger partial charge in [-0.05, 0) is 24.3 Å². The molecule has 1 heterocycles. The number of fused-ring (bicyclic) bond motifs is 1. The number of rotatable bonds is 2. The number of imidazole rings is 1. The van der Waals surface area contributed by atoms with Crippen molar-refractivity contribution >= 4 is 11.0 Å². The number of hydrogen-bond acceptors (Lipinski definition) is 2. The second-order valence-electron chi connectivity index (χ2n) is 4.19. The van der Waals surface area contributed by atoms with Gasteiger partial charge < -0.3 is 9.72 Å². The number of methoxy groups -OCH3 is 1. The number of aromatic nitrogens is 2. The van der Waals surface area contributed by atoms with Crippen molar-refractivity contribution in [2.75, 3.05) is 7.11 Å². The van der Waals surface area contributed by atoms with Crippen LogP contribution in [0.25, 0.3) is 22.4 Å². The van der Waals surface area contributed by atoms with Crippen molar-refractivity contribution in [3.8, 4) is 17.1 Å². The van der Waals surface area contributed by atoms with E-state index in [9.17, 15) is 13.2 Å². The van der Waals surface area contributed by atoms with Gasteiger partial charge in [0, 0.05) is 6.07 Å². The molecule has 0 atom stereocenters. The summed E-state index contributed by atoms with van der Waals surface area (Å²) in [4.78, 5) is 6.67. The van der Waals surface area contributed by atoms with Gasteiger partial charge in [-0.3, -0.25) is 0 Å². The van der Waals surface area contributed by atoms with E-state index in [1.165, 1.54) is 25.3 Å². The fourth-order valence-electron chi connectivity index (χ4n) is 1.96. The Morgan fingerprint density at radius 3 is 2.55 bits per heavy atom. The van der Waals surface area contributed by atoms with Gasteiger partial charge >= 0.3 is 0 Å². The molecule has 0 saturated heterocycles. The zero-order valence-electron chi connectivity index (χ0n) is 10.4. The zero-order valence-corrected chi connectivity index (χ0v) is 10.4. The lowest BCUT2D eigenvalue weighted by Crippen LogP contribution is -1.89. The summed E-state index contributed by atoms with van der Waals surface area (Å²) < 4.78 is 45.5. The molecule has 0 aliphatic heterocycles. The summed E-state index contributed by atoms with van der Waals surface area (Å²) in [5.41, 5.74) is 0.297. The number of ether oxygens (including phenoxy) is 1. The Kier molecular flexibility index (Phi) is 2.85. The largest absolute Gasteiger partial charge is 0.497 e. The molecule has 3 nitrogen and oxygen atoms in total. The molecule has 6 heteroatoms. The molecule has 0 aliphatic carbocycles. The van der Waals surface area contributed by atoms with E-state index in [1.54, 1.807) is 6.07 Å². The van der Waals surface area contributed by atoms with Crippen LogP contribution < -0.4 is 4.74 Å². The highest BCUT2D eigenvalue weighted by atomic mass is 19.2. The Morgan fingerprint density at radius 2 is 1.85 bits per heavy atom. The first-order valence-corrected chi connectivity index (χ1v) is 5.78. The van der Waals surface area contributed by atoms with E-state index in [4.69, 9.17) is 4.74 Å². The van der Waals surface area contributed by atoms with Gasteiger partial charge in [-0.25, -0.2) is 18.2 Å². The Labute approximate surface area is 112 Å². The lowest BCUT2D eigenvalue weighted by molar-refractivity contribution is 0.411. The molecule has 0 saturated carbocycles. The molecule has 3 rings (SSSR count). The fourth-order valence-corrected chi connectivity index (χ4v) is 1.96. The quantitative estimate of drug-likeness (QED) is 0.777. The number of nitrogens with one attached hydrogen (secondary N) is 1. The van der Waals surface area contributed by atoms with Crippen molar-refractivity contribution in [1.82, 2.24) is 9.97 Å². The molecule has 0 fully saturated rings. The monoisotopic (exact) mass is 278 g/mol. The van der Waals surface area contributed by atoms with Crippen molar-refractivity contribution in [3.05, 3.63) is 47.8 Å². The highest BCUT2D eigenvalue weighted by molar-refractivity contribution is 5.80. The van der Waals surface area contributed by atoms with Crippen LogP contribution in [0.2, 0.25) is 0 Å². The van der Waals surface area contributed by atoms with E-state index in [1.807, 2.05) is 0 Å². The number of H-pyrrole nitrogens is 1. The third-order valence-corrected chi connectivity index (χ3v) is 2.98. The molecule has 0 amide bonds. The summed E-state index contributed by atoms with van der Waals surface area (Å²) in [6, 6.07) is 6.55. The summed E-state index contributed by atoms with van der Waals surface area (Å²) in [6.45, 7) is 0. The lowest BCUT2D eigenvalue weighted by Gasteiger charge is -2.02. The van der Waals surface area contributed by atoms with Crippen molar-refractivity contribution in [2.24, 2.45) is 0 Å². The van der Waals surface area contributed by atoms with Crippen molar-refractivity contribution in [2.45, 2.75) is 0 Å². The summed E-state index contributed by atoms with van der Waals surface area (Å²) in [7, 11) is 1.42. The minimum absolute atomic E-state index is 0.129. The van der Waals surface area contributed by atoms with E-state index < -0.39 is 17.5 Å². The molecule has 0 radical (unpaired) electrons. The maximum absolute atomic E-state index is 13.9. The summed E-state index contributed by atoms with van der Waals surface area (Å²) in [5.74, 6) is -2.13. The molecular formula is C14H9F3N2O. The molecule has 0 spiro atoms. The average Bonchev–Trinajstić information content (AvgIpc) is 2.87. The second-order valence-corrected chi connectivity index (χ2v) is 4.19. The maximum atomic E-state index is 13.9. The van der Waals surface area contributed by atoms with Gasteiger partial charge in [0.25, 0.3) is 0 Å². The molecule has 1 N–H and O–H groups in total. The van der Waals surface area contributed by atoms with Gasteiger partial charge in [0.15, 0.2) is 11.6 Å². The predicted molar refractivity (Wildman–Crippen MR) is 68.0 cm³/mol. The van der Waals surface area contributed by atoms with Crippen molar-refractivity contribution < 1.29 is 17.9 Å². The van der Waals surface area contributed by atoms with Gasteiger partial charge in [-0.2, -0.15) is 0 Å². The Bertz CT molecular complexity index is 798. The van der Waals surface area contributed by atoms with Gasteiger partial charge in [-0.15, -0.1) is 0 Å². The number of hydrogen-bond donors (Lipinski definition) is 1. The number of benzene rings is 2. The van der Waals surface area contributed by atoms with Gasteiger partial charge in [0.05, 0.1) is 18.2 Å². The van der Waals surface area contributed by atoms with Gasteiger partial charge in [0.1, 0.15) is 22.9 Å². The Hall–Kier alpha value is -2.50. The highest BCUT2D eigenvalue weighted by Crippen LogP contribution is 2.27. The molecule has 2 aromatic carbocycles. The maximum Gasteiger partial charge on any atom is 0.186 e. The Balaban J connectivity index is 2.17. The normalized spacial score (nSPS) is 11.0. The van der Waals surface area contributed by atoms with Crippen LogP contribution >= 0.6 is 0 Å². The summed E-state index contributed by atoms with van der Waals surface area (Å²) in [6.07, 6.45) is 0. The number of aromatic amines is 1. The van der Waals surface area contributed by atoms with E-state index in [0.717, 1.165) is 6.07 Å². The standard InChI is InChI=1S/C14H9F3N2O/c1-20-7-2-3-8(10(16)6-7)14-18-11-5-4-9(15)12(17)13(11)19-14/h2-6H,1H3,(H,18,19). The van der Waals surface area contributed by atoms with Crippen molar-refractivity contribution in [1.29, 1.82) is 0 Å². The van der Waals surface area contributed by atoms with Crippen LogP contribution in [0.15, 0.2) is 30.3 Å². The predicted octanol–water partition coefficient (Wildman–Crippen LogP) is 3.66. The molecule has 0 unspecified atom stereocenters. The van der Waals surface area contributed by atoms with E-state index >= 15 is 0 Å². The third kappa shape index (κ3) is 1.89. The summed E-state index contributed by atoms with van der Waals surface area (Å²) >= 11 is 0. The molecule has 0 aliphatic rings.